The van der Waals surface area contributed by atoms with E-state index in [4.69, 9.17) is 0 Å². The number of phenols is 1. The van der Waals surface area contributed by atoms with E-state index < -0.39 is 20.7 Å². The third-order valence-corrected chi connectivity index (χ3v) is 8.07. The van der Waals surface area contributed by atoms with Gasteiger partial charge in [-0.15, -0.1) is 0 Å². The summed E-state index contributed by atoms with van der Waals surface area (Å²) in [6, 6.07) is 15.9. The fourth-order valence-corrected chi connectivity index (χ4v) is 6.11. The van der Waals surface area contributed by atoms with E-state index in [1.165, 1.54) is 29.8 Å². The monoisotopic (exact) mass is 387 g/mol. The zero-order chi connectivity index (χ0) is 19.1. The molecule has 1 heterocycles. The summed E-state index contributed by atoms with van der Waals surface area (Å²) < 4.78 is 25.6. The molecule has 0 radical (unpaired) electrons. The number of hydrogen-bond donors (Lipinski definition) is 2. The average molecular weight is 388 g/mol. The Labute approximate surface area is 160 Å². The van der Waals surface area contributed by atoms with E-state index in [2.05, 4.69) is 17.0 Å². The summed E-state index contributed by atoms with van der Waals surface area (Å²) in [5.74, 6) is 0.442. The maximum atomic E-state index is 12.8. The quantitative estimate of drug-likeness (QED) is 0.824. The highest BCUT2D eigenvalue weighted by molar-refractivity contribution is 7.92. The van der Waals surface area contributed by atoms with Gasteiger partial charge in [-0.25, -0.2) is 8.42 Å². The summed E-state index contributed by atoms with van der Waals surface area (Å²) in [6.07, 6.45) is 2.02. The predicted molar refractivity (Wildman–Crippen MR) is 104 cm³/mol. The standard InChI is InChI=1S/C21H25NO4S/c23-18-6-8-19(9-7-18)27(25,26)20-10-11-22(14-20)15-21(24)12-17(13-21)16-4-2-1-3-5-16/h1-9,17,20,23-24H,10-15H2/t17-,20?,21+. The molecule has 1 saturated carbocycles. The molecule has 2 aromatic rings. The number of rotatable bonds is 5. The lowest BCUT2D eigenvalue weighted by Crippen LogP contribution is -2.51. The highest BCUT2D eigenvalue weighted by Gasteiger charge is 2.46. The Bertz CT molecular complexity index is 890. The molecule has 5 nitrogen and oxygen atoms in total. The number of likely N-dealkylation sites (tertiary alicyclic amines) is 1. The van der Waals surface area contributed by atoms with Crippen LogP contribution in [0.4, 0.5) is 0 Å². The van der Waals surface area contributed by atoms with Gasteiger partial charge in [-0.1, -0.05) is 30.3 Å². The molecule has 4 rings (SSSR count). The Morgan fingerprint density at radius 3 is 2.37 bits per heavy atom. The second-order valence-corrected chi connectivity index (χ2v) is 10.2. The van der Waals surface area contributed by atoms with Crippen molar-refractivity contribution >= 4 is 9.84 Å². The van der Waals surface area contributed by atoms with Crippen molar-refractivity contribution in [3.05, 3.63) is 60.2 Å². The maximum Gasteiger partial charge on any atom is 0.182 e. The zero-order valence-corrected chi connectivity index (χ0v) is 16.0. The number of hydrogen-bond acceptors (Lipinski definition) is 5. The smallest absolute Gasteiger partial charge is 0.182 e. The molecule has 0 amide bonds. The Kier molecular flexibility index (Phi) is 4.74. The Balaban J connectivity index is 1.36. The van der Waals surface area contributed by atoms with Gasteiger partial charge in [0.15, 0.2) is 9.84 Å². The third kappa shape index (κ3) is 3.74. The molecule has 0 aromatic heterocycles. The Morgan fingerprint density at radius 1 is 1.04 bits per heavy atom. The van der Waals surface area contributed by atoms with Gasteiger partial charge in [0.1, 0.15) is 5.75 Å². The van der Waals surface area contributed by atoms with Crippen LogP contribution in [0.5, 0.6) is 5.75 Å². The number of nitrogens with zero attached hydrogens (tertiary/aromatic N) is 1. The summed E-state index contributed by atoms with van der Waals surface area (Å²) in [5.41, 5.74) is 0.536. The lowest BCUT2D eigenvalue weighted by atomic mass is 9.67. The van der Waals surface area contributed by atoms with Crippen molar-refractivity contribution in [2.75, 3.05) is 19.6 Å². The Hall–Kier alpha value is -1.89. The van der Waals surface area contributed by atoms with E-state index in [0.717, 1.165) is 12.8 Å². The van der Waals surface area contributed by atoms with Gasteiger partial charge in [-0.2, -0.15) is 0 Å². The molecule has 1 atom stereocenters. The highest BCUT2D eigenvalue weighted by atomic mass is 32.2. The summed E-state index contributed by atoms with van der Waals surface area (Å²) in [6.45, 7) is 1.65. The van der Waals surface area contributed by atoms with Gasteiger partial charge in [-0.3, -0.25) is 4.90 Å². The lowest BCUT2D eigenvalue weighted by molar-refractivity contribution is -0.0686. The molecule has 1 unspecified atom stereocenters. The van der Waals surface area contributed by atoms with Crippen LogP contribution in [0.25, 0.3) is 0 Å². The summed E-state index contributed by atoms with van der Waals surface area (Å²) in [7, 11) is -3.42. The molecule has 0 bridgehead atoms. The molecule has 2 N–H and O–H groups in total. The SMILES string of the molecule is O=S(=O)(c1ccc(O)cc1)C1CCN(C[C@]2(O)C[C@@H](c3ccccc3)C2)C1. The van der Waals surface area contributed by atoms with Crippen molar-refractivity contribution in [1.29, 1.82) is 0 Å². The van der Waals surface area contributed by atoms with Crippen LogP contribution in [0.3, 0.4) is 0 Å². The normalized spacial score (nSPS) is 28.8. The fourth-order valence-electron chi connectivity index (χ4n) is 4.39. The molecule has 1 aliphatic heterocycles. The second-order valence-electron chi connectivity index (χ2n) is 7.92. The molecule has 1 aliphatic carbocycles. The fraction of sp³-hybridized carbons (Fsp3) is 0.429. The van der Waals surface area contributed by atoms with Crippen molar-refractivity contribution in [3.8, 4) is 5.75 Å². The van der Waals surface area contributed by atoms with E-state index in [1.807, 2.05) is 18.2 Å². The van der Waals surface area contributed by atoms with Crippen molar-refractivity contribution in [2.45, 2.75) is 40.9 Å². The molecule has 0 spiro atoms. The number of sulfone groups is 1. The van der Waals surface area contributed by atoms with Gasteiger partial charge >= 0.3 is 0 Å². The largest absolute Gasteiger partial charge is 0.508 e. The lowest BCUT2D eigenvalue weighted by Gasteiger charge is -2.46. The molecule has 27 heavy (non-hydrogen) atoms. The molecule has 2 fully saturated rings. The molecule has 2 aliphatic rings. The van der Waals surface area contributed by atoms with Gasteiger partial charge in [0.25, 0.3) is 0 Å². The summed E-state index contributed by atoms with van der Waals surface area (Å²) in [4.78, 5) is 2.32. The third-order valence-electron chi connectivity index (χ3n) is 5.87. The molecule has 144 valence electrons. The van der Waals surface area contributed by atoms with Gasteiger partial charge in [0.2, 0.25) is 0 Å². The first-order valence-electron chi connectivity index (χ1n) is 9.38. The first-order valence-corrected chi connectivity index (χ1v) is 10.9. The molecule has 2 aromatic carbocycles. The van der Waals surface area contributed by atoms with Crippen molar-refractivity contribution in [3.63, 3.8) is 0 Å². The predicted octanol–water partition coefficient (Wildman–Crippen LogP) is 2.55. The number of phenolic OH excluding ortho intramolecular Hbond substituents is 1. The summed E-state index contributed by atoms with van der Waals surface area (Å²) in [5, 5.41) is 19.7. The van der Waals surface area contributed by atoms with Gasteiger partial charge in [0, 0.05) is 13.1 Å². The van der Waals surface area contributed by atoms with Crippen LogP contribution in [0.15, 0.2) is 59.5 Å². The topological polar surface area (TPSA) is 77.8 Å². The number of aromatic hydroxyl groups is 1. The molecular formula is C21H25NO4S. The number of benzene rings is 2. The van der Waals surface area contributed by atoms with E-state index in [9.17, 15) is 18.6 Å². The van der Waals surface area contributed by atoms with E-state index >= 15 is 0 Å². The van der Waals surface area contributed by atoms with Gasteiger partial charge in [0.05, 0.1) is 15.7 Å². The Morgan fingerprint density at radius 2 is 1.70 bits per heavy atom. The van der Waals surface area contributed by atoms with Crippen LogP contribution in [-0.2, 0) is 9.84 Å². The number of aliphatic hydroxyl groups is 1. The van der Waals surface area contributed by atoms with Gasteiger partial charge < -0.3 is 10.2 Å². The average Bonchev–Trinajstić information content (AvgIpc) is 3.10. The molecule has 1 saturated heterocycles. The molecular weight excluding hydrogens is 362 g/mol. The van der Waals surface area contributed by atoms with Crippen LogP contribution in [0.2, 0.25) is 0 Å². The van der Waals surface area contributed by atoms with Gasteiger partial charge in [-0.05, 0) is 61.6 Å². The van der Waals surface area contributed by atoms with Crippen LogP contribution in [-0.4, -0.2) is 54.0 Å². The molecule has 6 heteroatoms. The number of β-amino-alcohol motifs (C(OH)–C–C–N with tert-alkyl or cyclic N) is 1. The van der Waals surface area contributed by atoms with Crippen LogP contribution in [0, 0.1) is 0 Å². The zero-order valence-electron chi connectivity index (χ0n) is 15.2. The van der Waals surface area contributed by atoms with E-state index in [-0.39, 0.29) is 10.6 Å². The minimum Gasteiger partial charge on any atom is -0.508 e. The van der Waals surface area contributed by atoms with Crippen LogP contribution >= 0.6 is 0 Å². The second kappa shape index (κ2) is 6.93. The van der Waals surface area contributed by atoms with Crippen molar-refractivity contribution < 1.29 is 18.6 Å². The van der Waals surface area contributed by atoms with Crippen LogP contribution in [0.1, 0.15) is 30.7 Å². The minimum absolute atomic E-state index is 0.0576. The van der Waals surface area contributed by atoms with Crippen molar-refractivity contribution in [1.82, 2.24) is 4.90 Å². The highest BCUT2D eigenvalue weighted by Crippen LogP contribution is 2.45. The summed E-state index contributed by atoms with van der Waals surface area (Å²) >= 11 is 0. The first kappa shape index (κ1) is 18.5. The van der Waals surface area contributed by atoms with Crippen molar-refractivity contribution in [2.24, 2.45) is 0 Å². The van der Waals surface area contributed by atoms with Crippen LogP contribution < -0.4 is 0 Å². The first-order chi connectivity index (χ1) is 12.9. The minimum atomic E-state index is -3.42. The van der Waals surface area contributed by atoms with E-state index in [1.54, 1.807) is 0 Å². The van der Waals surface area contributed by atoms with E-state index in [0.29, 0.717) is 32.0 Å². The maximum absolute atomic E-state index is 12.8.